The number of hydrogen-bond donors (Lipinski definition) is 2. The van der Waals surface area contributed by atoms with Crippen molar-refractivity contribution in [2.24, 2.45) is 11.7 Å². The second-order valence-corrected chi connectivity index (χ2v) is 8.84. The first-order valence-corrected chi connectivity index (χ1v) is 11.2. The molecule has 1 fully saturated rings. The van der Waals surface area contributed by atoms with Crippen LogP contribution in [0.15, 0.2) is 54.6 Å². The van der Waals surface area contributed by atoms with E-state index in [4.69, 9.17) is 15.2 Å². The van der Waals surface area contributed by atoms with Crippen LogP contribution in [0.25, 0.3) is 0 Å². The van der Waals surface area contributed by atoms with E-state index in [0.717, 1.165) is 11.1 Å². The Morgan fingerprint density at radius 1 is 1.06 bits per heavy atom. The number of methoxy groups -OCH3 is 1. The summed E-state index contributed by atoms with van der Waals surface area (Å²) in [6.07, 6.45) is 0.731. The summed E-state index contributed by atoms with van der Waals surface area (Å²) in [5.41, 5.74) is 6.72. The number of carbonyl (C=O) groups is 3. The standard InChI is InChI=1S/C26H32N2O5/c1-17(27)25(31)28-22(14-19-9-11-21(32-3)12-10-19)23(29)15-20(24(30)26(2)16-33-26)13-18-7-5-4-6-8-18/h4-12,17,20,22H,13-16,27H2,1-3H3,(H,28,31)/t17-,20+,22-,26+/m0/s1. The van der Waals surface area contributed by atoms with Crippen molar-refractivity contribution in [3.63, 3.8) is 0 Å². The van der Waals surface area contributed by atoms with Crippen LogP contribution in [0.4, 0.5) is 0 Å². The van der Waals surface area contributed by atoms with Crippen molar-refractivity contribution in [1.29, 1.82) is 0 Å². The van der Waals surface area contributed by atoms with Crippen LogP contribution in [-0.4, -0.2) is 48.9 Å². The SMILES string of the molecule is COc1ccc(C[C@H](NC(=O)[C@H](C)N)C(=O)C[C@@H](Cc2ccccc2)C(=O)[C@@]2(C)CO2)cc1. The van der Waals surface area contributed by atoms with E-state index in [1.54, 1.807) is 33.1 Å². The van der Waals surface area contributed by atoms with Crippen molar-refractivity contribution in [3.8, 4) is 5.75 Å². The number of rotatable bonds is 12. The Balaban J connectivity index is 1.79. The minimum absolute atomic E-state index is 0.00668. The number of benzene rings is 2. The molecule has 3 N–H and O–H groups in total. The molecular formula is C26H32N2O5. The van der Waals surface area contributed by atoms with Crippen molar-refractivity contribution < 1.29 is 23.9 Å². The van der Waals surface area contributed by atoms with E-state index in [9.17, 15) is 14.4 Å². The number of hydrogen-bond acceptors (Lipinski definition) is 6. The van der Waals surface area contributed by atoms with Crippen molar-refractivity contribution in [2.75, 3.05) is 13.7 Å². The number of Topliss-reactive ketones (excluding diaryl/α,β-unsaturated/α-hetero) is 2. The van der Waals surface area contributed by atoms with Crippen LogP contribution in [0.1, 0.15) is 31.4 Å². The zero-order valence-corrected chi connectivity index (χ0v) is 19.4. The van der Waals surface area contributed by atoms with E-state index in [-0.39, 0.29) is 18.0 Å². The Kier molecular flexibility index (Phi) is 8.00. The predicted molar refractivity (Wildman–Crippen MR) is 125 cm³/mol. The molecule has 176 valence electrons. The van der Waals surface area contributed by atoms with Gasteiger partial charge in [-0.05, 0) is 49.9 Å². The topological polar surface area (TPSA) is 111 Å². The van der Waals surface area contributed by atoms with Crippen LogP contribution in [0.3, 0.4) is 0 Å². The monoisotopic (exact) mass is 452 g/mol. The van der Waals surface area contributed by atoms with Crippen LogP contribution in [-0.2, 0) is 32.0 Å². The molecule has 2 aromatic carbocycles. The maximum Gasteiger partial charge on any atom is 0.237 e. The first-order valence-electron chi connectivity index (χ1n) is 11.2. The molecule has 1 aliphatic heterocycles. The maximum absolute atomic E-state index is 13.4. The fourth-order valence-corrected chi connectivity index (χ4v) is 3.77. The third-order valence-electron chi connectivity index (χ3n) is 5.96. The highest BCUT2D eigenvalue weighted by atomic mass is 16.6. The lowest BCUT2D eigenvalue weighted by Crippen LogP contribution is -2.49. The first kappa shape index (κ1) is 24.6. The van der Waals surface area contributed by atoms with Crippen LogP contribution < -0.4 is 15.8 Å². The molecule has 1 heterocycles. The minimum Gasteiger partial charge on any atom is -0.497 e. The smallest absolute Gasteiger partial charge is 0.237 e. The molecule has 0 spiro atoms. The normalized spacial score (nSPS) is 19.8. The van der Waals surface area contributed by atoms with E-state index >= 15 is 0 Å². The molecule has 7 heteroatoms. The lowest BCUT2D eigenvalue weighted by molar-refractivity contribution is -0.133. The Hall–Kier alpha value is -3.03. The van der Waals surface area contributed by atoms with Gasteiger partial charge in [0, 0.05) is 12.3 Å². The molecule has 0 aromatic heterocycles. The van der Waals surface area contributed by atoms with Crippen molar-refractivity contribution >= 4 is 17.5 Å². The van der Waals surface area contributed by atoms with Crippen LogP contribution >= 0.6 is 0 Å². The maximum atomic E-state index is 13.4. The summed E-state index contributed by atoms with van der Waals surface area (Å²) in [7, 11) is 1.58. The van der Waals surface area contributed by atoms with E-state index in [1.807, 2.05) is 42.5 Å². The summed E-state index contributed by atoms with van der Waals surface area (Å²) in [6.45, 7) is 3.68. The average molecular weight is 453 g/mol. The molecule has 0 aliphatic carbocycles. The highest BCUT2D eigenvalue weighted by Crippen LogP contribution is 2.33. The van der Waals surface area contributed by atoms with Gasteiger partial charge in [-0.3, -0.25) is 14.4 Å². The van der Waals surface area contributed by atoms with E-state index in [1.165, 1.54) is 0 Å². The van der Waals surface area contributed by atoms with Crippen LogP contribution in [0, 0.1) is 5.92 Å². The fraction of sp³-hybridized carbons (Fsp3) is 0.423. The Bertz CT molecular complexity index is 968. The zero-order valence-electron chi connectivity index (χ0n) is 19.4. The lowest BCUT2D eigenvalue weighted by atomic mass is 9.83. The second-order valence-electron chi connectivity index (χ2n) is 8.84. The molecule has 33 heavy (non-hydrogen) atoms. The summed E-state index contributed by atoms with van der Waals surface area (Å²) in [4.78, 5) is 38.9. The Labute approximate surface area is 194 Å². The minimum atomic E-state index is -0.833. The largest absolute Gasteiger partial charge is 0.497 e. The van der Waals surface area contributed by atoms with Gasteiger partial charge in [0.1, 0.15) is 11.4 Å². The second kappa shape index (κ2) is 10.7. The Morgan fingerprint density at radius 2 is 1.67 bits per heavy atom. The molecule has 7 nitrogen and oxygen atoms in total. The summed E-state index contributed by atoms with van der Waals surface area (Å²) in [5.74, 6) is -0.546. The summed E-state index contributed by atoms with van der Waals surface area (Å²) in [5, 5.41) is 2.77. The van der Waals surface area contributed by atoms with Crippen LogP contribution in [0.5, 0.6) is 5.75 Å². The number of carbonyl (C=O) groups excluding carboxylic acids is 3. The van der Waals surface area contributed by atoms with Gasteiger partial charge in [0.15, 0.2) is 11.6 Å². The van der Waals surface area contributed by atoms with Crippen molar-refractivity contribution in [2.45, 2.75) is 50.8 Å². The van der Waals surface area contributed by atoms with Crippen molar-refractivity contribution in [3.05, 3.63) is 65.7 Å². The number of ketones is 2. The van der Waals surface area contributed by atoms with Gasteiger partial charge in [-0.2, -0.15) is 0 Å². The van der Waals surface area contributed by atoms with Gasteiger partial charge in [-0.25, -0.2) is 0 Å². The van der Waals surface area contributed by atoms with Gasteiger partial charge >= 0.3 is 0 Å². The number of nitrogens with two attached hydrogens (primary N) is 1. The van der Waals surface area contributed by atoms with E-state index < -0.39 is 29.5 Å². The molecule has 1 aliphatic rings. The van der Waals surface area contributed by atoms with Crippen LogP contribution in [0.2, 0.25) is 0 Å². The van der Waals surface area contributed by atoms with Gasteiger partial charge in [0.2, 0.25) is 5.91 Å². The number of amides is 1. The predicted octanol–water partition coefficient (Wildman–Crippen LogP) is 2.25. The van der Waals surface area contributed by atoms with Gasteiger partial charge in [-0.1, -0.05) is 42.5 Å². The van der Waals surface area contributed by atoms with Gasteiger partial charge in [-0.15, -0.1) is 0 Å². The Morgan fingerprint density at radius 3 is 2.21 bits per heavy atom. The van der Waals surface area contributed by atoms with Gasteiger partial charge in [0.05, 0.1) is 25.8 Å². The molecule has 4 atom stereocenters. The summed E-state index contributed by atoms with van der Waals surface area (Å²) in [6, 6.07) is 15.4. The van der Waals surface area contributed by atoms with Gasteiger partial charge < -0.3 is 20.5 Å². The molecular weight excluding hydrogens is 420 g/mol. The molecule has 1 saturated heterocycles. The molecule has 0 radical (unpaired) electrons. The zero-order chi connectivity index (χ0) is 24.0. The molecule has 0 bridgehead atoms. The van der Waals surface area contributed by atoms with Gasteiger partial charge in [0.25, 0.3) is 0 Å². The number of nitrogens with one attached hydrogen (secondary N) is 1. The highest BCUT2D eigenvalue weighted by Gasteiger charge is 2.50. The number of ether oxygens (including phenoxy) is 2. The van der Waals surface area contributed by atoms with Crippen molar-refractivity contribution in [1.82, 2.24) is 5.32 Å². The summed E-state index contributed by atoms with van der Waals surface area (Å²) >= 11 is 0. The third-order valence-corrected chi connectivity index (χ3v) is 5.96. The van der Waals surface area contributed by atoms with E-state index in [0.29, 0.717) is 25.2 Å². The highest BCUT2D eigenvalue weighted by molar-refractivity contribution is 5.97. The average Bonchev–Trinajstić information content (AvgIpc) is 3.57. The molecule has 0 saturated carbocycles. The number of epoxide rings is 1. The fourth-order valence-electron chi connectivity index (χ4n) is 3.77. The third kappa shape index (κ3) is 6.73. The molecule has 3 rings (SSSR count). The molecule has 2 aromatic rings. The molecule has 0 unspecified atom stereocenters. The lowest BCUT2D eigenvalue weighted by Gasteiger charge is -2.23. The summed E-state index contributed by atoms with van der Waals surface area (Å²) < 4.78 is 10.6. The quantitative estimate of drug-likeness (QED) is 0.478. The molecule has 1 amide bonds. The first-order chi connectivity index (χ1) is 15.7. The van der Waals surface area contributed by atoms with E-state index in [2.05, 4.69) is 5.32 Å².